The predicted molar refractivity (Wildman–Crippen MR) is 95.6 cm³/mol. The Kier molecular flexibility index (Phi) is 4.92. The number of carbonyl (C=O) groups is 3. The van der Waals surface area contributed by atoms with Crippen LogP contribution in [0.25, 0.3) is 0 Å². The number of nitrogens with zero attached hydrogens (tertiary/aromatic N) is 3. The lowest BCUT2D eigenvalue weighted by Gasteiger charge is -2.21. The summed E-state index contributed by atoms with van der Waals surface area (Å²) in [7, 11) is 0. The maximum atomic E-state index is 12.5. The van der Waals surface area contributed by atoms with E-state index in [2.05, 4.69) is 5.32 Å². The van der Waals surface area contributed by atoms with Crippen LogP contribution in [-0.2, 0) is 16.0 Å². The fourth-order valence-corrected chi connectivity index (χ4v) is 3.44. The van der Waals surface area contributed by atoms with E-state index in [0.717, 1.165) is 24.1 Å². The molecule has 2 heterocycles. The van der Waals surface area contributed by atoms with Crippen molar-refractivity contribution in [3.8, 4) is 0 Å². The van der Waals surface area contributed by atoms with E-state index in [4.69, 9.17) is 0 Å². The Morgan fingerprint density at radius 3 is 2.72 bits per heavy atom. The summed E-state index contributed by atoms with van der Waals surface area (Å²) in [5.74, 6) is 0.0142. The van der Waals surface area contributed by atoms with Crippen molar-refractivity contribution in [3.05, 3.63) is 23.8 Å². The van der Waals surface area contributed by atoms with Gasteiger partial charge in [0.15, 0.2) is 0 Å². The second kappa shape index (κ2) is 7.13. The maximum absolute atomic E-state index is 12.5. The van der Waals surface area contributed by atoms with Crippen LogP contribution in [0, 0.1) is 0 Å². The fraction of sp³-hybridized carbons (Fsp3) is 0.500. The molecule has 0 aromatic heterocycles. The fourth-order valence-electron chi connectivity index (χ4n) is 3.44. The predicted octanol–water partition coefficient (Wildman–Crippen LogP) is 1.68. The van der Waals surface area contributed by atoms with Crippen molar-refractivity contribution >= 4 is 29.2 Å². The van der Waals surface area contributed by atoms with Gasteiger partial charge >= 0.3 is 6.03 Å². The van der Waals surface area contributed by atoms with E-state index >= 15 is 0 Å². The molecule has 1 fully saturated rings. The summed E-state index contributed by atoms with van der Waals surface area (Å²) in [6.45, 7) is 6.23. The normalized spacial score (nSPS) is 17.4. The molecule has 0 spiro atoms. The van der Waals surface area contributed by atoms with Crippen LogP contribution in [-0.4, -0.2) is 60.4 Å². The third-order valence-corrected chi connectivity index (χ3v) is 4.81. The van der Waals surface area contributed by atoms with Crippen molar-refractivity contribution < 1.29 is 14.4 Å². The van der Waals surface area contributed by atoms with Crippen LogP contribution in [0.15, 0.2) is 18.2 Å². The molecule has 1 saturated heterocycles. The lowest BCUT2D eigenvalue weighted by molar-refractivity contribution is -0.130. The number of urea groups is 1. The molecule has 3 rings (SSSR count). The summed E-state index contributed by atoms with van der Waals surface area (Å²) in [4.78, 5) is 41.3. The second-order valence-corrected chi connectivity index (χ2v) is 6.44. The highest BCUT2D eigenvalue weighted by Gasteiger charge is 2.25. The number of hydrogen-bond acceptors (Lipinski definition) is 3. The van der Waals surface area contributed by atoms with Gasteiger partial charge in [-0.25, -0.2) is 4.79 Å². The van der Waals surface area contributed by atoms with Crippen LogP contribution in [0.4, 0.5) is 16.2 Å². The molecule has 7 nitrogen and oxygen atoms in total. The van der Waals surface area contributed by atoms with Crippen LogP contribution >= 0.6 is 0 Å². The first-order valence-corrected chi connectivity index (χ1v) is 8.74. The monoisotopic (exact) mass is 344 g/mol. The van der Waals surface area contributed by atoms with Crippen LogP contribution in [0.5, 0.6) is 0 Å². The molecule has 1 aromatic carbocycles. The van der Waals surface area contributed by atoms with Crippen LogP contribution in [0.3, 0.4) is 0 Å². The molecule has 1 N–H and O–H groups in total. The number of rotatable bonds is 2. The summed E-state index contributed by atoms with van der Waals surface area (Å²) in [6, 6.07) is 5.32. The van der Waals surface area contributed by atoms with E-state index < -0.39 is 0 Å². The molecule has 134 valence electrons. The first-order chi connectivity index (χ1) is 12.0. The molecule has 25 heavy (non-hydrogen) atoms. The standard InChI is InChI=1S/C18H24N4O3/c1-3-20-8-4-9-21(12-17(20)24)18(25)19-15-5-6-16-14(11-15)7-10-22(16)13(2)23/h5-6,11H,3-4,7-10,12H2,1-2H3,(H,19,25). The van der Waals surface area contributed by atoms with Crippen molar-refractivity contribution in [2.75, 3.05) is 42.9 Å². The molecule has 0 aliphatic carbocycles. The van der Waals surface area contributed by atoms with Gasteiger partial charge in [0.1, 0.15) is 6.54 Å². The smallest absolute Gasteiger partial charge is 0.322 e. The van der Waals surface area contributed by atoms with Crippen molar-refractivity contribution in [1.82, 2.24) is 9.80 Å². The Morgan fingerprint density at radius 2 is 2.00 bits per heavy atom. The molecular formula is C18H24N4O3. The SMILES string of the molecule is CCN1CCCN(C(=O)Nc2ccc3c(c2)CCN3C(C)=O)CC1=O. The second-order valence-electron chi connectivity index (χ2n) is 6.44. The van der Waals surface area contributed by atoms with Crippen molar-refractivity contribution in [3.63, 3.8) is 0 Å². The Balaban J connectivity index is 1.67. The number of carbonyl (C=O) groups excluding carboxylic acids is 3. The van der Waals surface area contributed by atoms with Gasteiger partial charge in [0.05, 0.1) is 0 Å². The van der Waals surface area contributed by atoms with E-state index in [0.29, 0.717) is 31.9 Å². The Hall–Kier alpha value is -2.57. The lowest BCUT2D eigenvalue weighted by Crippen LogP contribution is -2.41. The quantitative estimate of drug-likeness (QED) is 0.887. The van der Waals surface area contributed by atoms with Gasteiger partial charge in [-0.1, -0.05) is 0 Å². The number of hydrogen-bond donors (Lipinski definition) is 1. The van der Waals surface area contributed by atoms with Gasteiger partial charge in [-0.05, 0) is 43.5 Å². The summed E-state index contributed by atoms with van der Waals surface area (Å²) in [5.41, 5.74) is 2.66. The van der Waals surface area contributed by atoms with Crippen molar-refractivity contribution in [2.24, 2.45) is 0 Å². The Morgan fingerprint density at radius 1 is 1.20 bits per heavy atom. The molecule has 1 aromatic rings. The molecule has 0 radical (unpaired) electrons. The molecule has 0 unspecified atom stereocenters. The van der Waals surface area contributed by atoms with Crippen molar-refractivity contribution in [1.29, 1.82) is 0 Å². The summed E-state index contributed by atoms with van der Waals surface area (Å²) < 4.78 is 0. The molecular weight excluding hydrogens is 320 g/mol. The zero-order chi connectivity index (χ0) is 18.0. The molecule has 0 saturated carbocycles. The van der Waals surface area contributed by atoms with E-state index in [1.165, 1.54) is 0 Å². The first-order valence-electron chi connectivity index (χ1n) is 8.74. The Bertz CT molecular complexity index is 704. The van der Waals surface area contributed by atoms with E-state index in [9.17, 15) is 14.4 Å². The highest BCUT2D eigenvalue weighted by molar-refractivity contribution is 5.96. The largest absolute Gasteiger partial charge is 0.341 e. The number of amides is 4. The topological polar surface area (TPSA) is 73.0 Å². The van der Waals surface area contributed by atoms with Crippen molar-refractivity contribution in [2.45, 2.75) is 26.7 Å². The Labute approximate surface area is 147 Å². The van der Waals surface area contributed by atoms with Gasteiger partial charge in [-0.3, -0.25) is 9.59 Å². The number of likely N-dealkylation sites (N-methyl/N-ethyl adjacent to an activating group) is 1. The summed E-state index contributed by atoms with van der Waals surface area (Å²) in [5, 5.41) is 2.88. The maximum Gasteiger partial charge on any atom is 0.322 e. The number of benzene rings is 1. The van der Waals surface area contributed by atoms with Gasteiger partial charge in [0.2, 0.25) is 11.8 Å². The highest BCUT2D eigenvalue weighted by Crippen LogP contribution is 2.30. The summed E-state index contributed by atoms with van der Waals surface area (Å²) in [6.07, 6.45) is 1.57. The third-order valence-electron chi connectivity index (χ3n) is 4.81. The number of fused-ring (bicyclic) bond motifs is 1. The molecule has 4 amide bonds. The van der Waals surface area contributed by atoms with Crippen LogP contribution in [0.2, 0.25) is 0 Å². The first kappa shape index (κ1) is 17.3. The van der Waals surface area contributed by atoms with Gasteiger partial charge in [-0.2, -0.15) is 0 Å². The average Bonchev–Trinajstić information content (AvgIpc) is 2.91. The van der Waals surface area contributed by atoms with Gasteiger partial charge < -0.3 is 20.0 Å². The average molecular weight is 344 g/mol. The van der Waals surface area contributed by atoms with Gasteiger partial charge in [0, 0.05) is 44.5 Å². The molecule has 2 aliphatic rings. The number of nitrogens with one attached hydrogen (secondary N) is 1. The minimum Gasteiger partial charge on any atom is -0.341 e. The zero-order valence-corrected chi connectivity index (χ0v) is 14.7. The third kappa shape index (κ3) is 3.60. The minimum atomic E-state index is -0.257. The molecule has 2 aliphatic heterocycles. The van der Waals surface area contributed by atoms with E-state index in [1.54, 1.807) is 27.7 Å². The van der Waals surface area contributed by atoms with Gasteiger partial charge in [-0.15, -0.1) is 0 Å². The van der Waals surface area contributed by atoms with E-state index in [1.807, 2.05) is 19.1 Å². The van der Waals surface area contributed by atoms with Crippen LogP contribution in [0.1, 0.15) is 25.8 Å². The highest BCUT2D eigenvalue weighted by atomic mass is 16.2. The molecule has 7 heteroatoms. The minimum absolute atomic E-state index is 0.0128. The molecule has 0 bridgehead atoms. The van der Waals surface area contributed by atoms with E-state index in [-0.39, 0.29) is 24.4 Å². The van der Waals surface area contributed by atoms with Gasteiger partial charge in [0.25, 0.3) is 0 Å². The lowest BCUT2D eigenvalue weighted by atomic mass is 10.1. The zero-order valence-electron chi connectivity index (χ0n) is 14.7. The van der Waals surface area contributed by atoms with Crippen LogP contribution < -0.4 is 10.2 Å². The number of anilines is 2. The molecule has 0 atom stereocenters. The summed E-state index contributed by atoms with van der Waals surface area (Å²) >= 11 is 0.